The number of sulfonamides is 1. The SMILES string of the molecule is CN(C)Cc1cccc(NS(=O)(=O)c2cncs2)c1.Cl. The third-order valence-electron chi connectivity index (χ3n) is 2.35. The van der Waals surface area contributed by atoms with Gasteiger partial charge in [0.1, 0.15) is 0 Å². The van der Waals surface area contributed by atoms with E-state index in [1.165, 1.54) is 11.7 Å². The van der Waals surface area contributed by atoms with Crippen LogP contribution in [0.5, 0.6) is 0 Å². The molecule has 1 heterocycles. The van der Waals surface area contributed by atoms with Gasteiger partial charge in [0.25, 0.3) is 10.0 Å². The minimum absolute atomic E-state index is 0. The standard InChI is InChI=1S/C12H15N3O2S2.ClH/c1-15(2)8-10-4-3-5-11(6-10)14-19(16,17)12-7-13-9-18-12;/h3-7,9,14H,8H2,1-2H3;1H. The summed E-state index contributed by atoms with van der Waals surface area (Å²) in [6, 6.07) is 7.37. The predicted octanol–water partition coefficient (Wildman–Crippen LogP) is 2.43. The Morgan fingerprint density at radius 2 is 2.10 bits per heavy atom. The van der Waals surface area contributed by atoms with Gasteiger partial charge < -0.3 is 4.90 Å². The predicted molar refractivity (Wildman–Crippen MR) is 84.0 cm³/mol. The number of nitrogens with one attached hydrogen (secondary N) is 1. The minimum Gasteiger partial charge on any atom is -0.305 e. The fourth-order valence-corrected chi connectivity index (χ4v) is 3.49. The lowest BCUT2D eigenvalue weighted by Crippen LogP contribution is -2.13. The first kappa shape index (κ1) is 16.9. The van der Waals surface area contributed by atoms with E-state index in [4.69, 9.17) is 0 Å². The molecule has 0 saturated heterocycles. The van der Waals surface area contributed by atoms with Crippen LogP contribution in [-0.2, 0) is 16.6 Å². The molecule has 0 radical (unpaired) electrons. The zero-order valence-electron chi connectivity index (χ0n) is 11.1. The minimum atomic E-state index is -3.52. The van der Waals surface area contributed by atoms with Crippen LogP contribution in [0.4, 0.5) is 5.69 Å². The molecule has 20 heavy (non-hydrogen) atoms. The van der Waals surface area contributed by atoms with Gasteiger partial charge >= 0.3 is 0 Å². The van der Waals surface area contributed by atoms with Gasteiger partial charge in [-0.2, -0.15) is 0 Å². The van der Waals surface area contributed by atoms with E-state index in [2.05, 4.69) is 9.71 Å². The van der Waals surface area contributed by atoms with Crippen molar-refractivity contribution in [3.63, 3.8) is 0 Å². The van der Waals surface area contributed by atoms with Crippen LogP contribution in [0.2, 0.25) is 0 Å². The summed E-state index contributed by atoms with van der Waals surface area (Å²) in [5, 5.41) is 0. The van der Waals surface area contributed by atoms with Crippen molar-refractivity contribution >= 4 is 39.5 Å². The van der Waals surface area contributed by atoms with Crippen molar-refractivity contribution in [1.29, 1.82) is 0 Å². The molecular formula is C12H16ClN3O2S2. The quantitative estimate of drug-likeness (QED) is 0.912. The number of hydrogen-bond acceptors (Lipinski definition) is 5. The molecule has 0 unspecified atom stereocenters. The Balaban J connectivity index is 0.00000200. The molecular weight excluding hydrogens is 318 g/mol. The number of hydrogen-bond donors (Lipinski definition) is 1. The van der Waals surface area contributed by atoms with E-state index in [1.807, 2.05) is 37.2 Å². The van der Waals surface area contributed by atoms with Gasteiger partial charge in [0.2, 0.25) is 0 Å². The molecule has 0 amide bonds. The summed E-state index contributed by atoms with van der Waals surface area (Å²) in [5.74, 6) is 0. The number of anilines is 1. The molecule has 1 aromatic carbocycles. The third-order valence-corrected chi connectivity index (χ3v) is 5.00. The summed E-state index contributed by atoms with van der Waals surface area (Å²) in [6.45, 7) is 0.760. The average Bonchev–Trinajstić information content (AvgIpc) is 2.81. The summed E-state index contributed by atoms with van der Waals surface area (Å²) in [6.07, 6.45) is 1.34. The zero-order valence-corrected chi connectivity index (χ0v) is 13.6. The molecule has 0 fully saturated rings. The summed E-state index contributed by atoms with van der Waals surface area (Å²) in [4.78, 5) is 5.80. The van der Waals surface area contributed by atoms with Crippen LogP contribution in [0, 0.1) is 0 Å². The molecule has 0 spiro atoms. The van der Waals surface area contributed by atoms with Gasteiger partial charge in [-0.1, -0.05) is 12.1 Å². The first-order valence-corrected chi connectivity index (χ1v) is 7.98. The van der Waals surface area contributed by atoms with Gasteiger partial charge in [-0.3, -0.25) is 9.71 Å². The second-order valence-electron chi connectivity index (χ2n) is 4.36. The van der Waals surface area contributed by atoms with E-state index in [1.54, 1.807) is 6.07 Å². The van der Waals surface area contributed by atoms with E-state index in [9.17, 15) is 8.42 Å². The molecule has 8 heteroatoms. The van der Waals surface area contributed by atoms with E-state index in [0.717, 1.165) is 23.4 Å². The normalized spacial score (nSPS) is 11.2. The number of benzene rings is 1. The third kappa shape index (κ3) is 4.45. The van der Waals surface area contributed by atoms with Crippen LogP contribution in [-0.4, -0.2) is 32.4 Å². The van der Waals surface area contributed by atoms with Gasteiger partial charge in [0.15, 0.2) is 4.21 Å². The van der Waals surface area contributed by atoms with Gasteiger partial charge in [-0.25, -0.2) is 8.42 Å². The molecule has 2 aromatic rings. The molecule has 0 aliphatic heterocycles. The molecule has 0 aliphatic carbocycles. The Morgan fingerprint density at radius 1 is 1.35 bits per heavy atom. The average molecular weight is 334 g/mol. The maximum Gasteiger partial charge on any atom is 0.273 e. The molecule has 1 aromatic heterocycles. The fourth-order valence-electron chi connectivity index (χ4n) is 1.64. The van der Waals surface area contributed by atoms with Crippen LogP contribution in [0.15, 0.2) is 40.2 Å². The molecule has 2 rings (SSSR count). The van der Waals surface area contributed by atoms with Crippen LogP contribution < -0.4 is 4.72 Å². The van der Waals surface area contributed by atoms with Crippen LogP contribution in [0.25, 0.3) is 0 Å². The summed E-state index contributed by atoms with van der Waals surface area (Å²) >= 11 is 1.09. The van der Waals surface area contributed by atoms with E-state index in [0.29, 0.717) is 5.69 Å². The van der Waals surface area contributed by atoms with Gasteiger partial charge in [-0.15, -0.1) is 23.7 Å². The lowest BCUT2D eigenvalue weighted by molar-refractivity contribution is 0.402. The number of thiazole rings is 1. The highest BCUT2D eigenvalue weighted by Crippen LogP contribution is 2.19. The highest BCUT2D eigenvalue weighted by molar-refractivity contribution is 7.94. The maximum absolute atomic E-state index is 12.0. The van der Waals surface area contributed by atoms with Crippen molar-refractivity contribution in [2.24, 2.45) is 0 Å². The fraction of sp³-hybridized carbons (Fsp3) is 0.250. The Hall–Kier alpha value is -1.15. The van der Waals surface area contributed by atoms with Gasteiger partial charge in [0.05, 0.1) is 11.7 Å². The van der Waals surface area contributed by atoms with Crippen molar-refractivity contribution in [2.75, 3.05) is 18.8 Å². The first-order chi connectivity index (χ1) is 8.97. The molecule has 0 aliphatic rings. The Kier molecular flexibility index (Phi) is 5.94. The molecule has 110 valence electrons. The molecule has 5 nitrogen and oxygen atoms in total. The highest BCUT2D eigenvalue weighted by Gasteiger charge is 2.15. The molecule has 1 N–H and O–H groups in total. The molecule has 0 saturated carbocycles. The van der Waals surface area contributed by atoms with Crippen LogP contribution >= 0.6 is 23.7 Å². The molecule has 0 atom stereocenters. The van der Waals surface area contributed by atoms with Crippen molar-refractivity contribution in [1.82, 2.24) is 9.88 Å². The zero-order chi connectivity index (χ0) is 13.9. The number of halogens is 1. The maximum atomic E-state index is 12.0. The lowest BCUT2D eigenvalue weighted by atomic mass is 10.2. The Bertz CT molecular complexity index is 642. The number of aromatic nitrogens is 1. The van der Waals surface area contributed by atoms with Crippen molar-refractivity contribution in [3.8, 4) is 0 Å². The van der Waals surface area contributed by atoms with E-state index in [-0.39, 0.29) is 16.6 Å². The van der Waals surface area contributed by atoms with Crippen molar-refractivity contribution < 1.29 is 8.42 Å². The van der Waals surface area contributed by atoms with Gasteiger partial charge in [-0.05, 0) is 31.8 Å². The summed E-state index contributed by atoms with van der Waals surface area (Å²) < 4.78 is 26.9. The van der Waals surface area contributed by atoms with Crippen LogP contribution in [0.3, 0.4) is 0 Å². The summed E-state index contributed by atoms with van der Waals surface area (Å²) in [7, 11) is 0.410. The summed E-state index contributed by atoms with van der Waals surface area (Å²) in [5.41, 5.74) is 3.11. The Morgan fingerprint density at radius 3 is 2.70 bits per heavy atom. The lowest BCUT2D eigenvalue weighted by Gasteiger charge is -2.11. The topological polar surface area (TPSA) is 62.3 Å². The smallest absolute Gasteiger partial charge is 0.273 e. The highest BCUT2D eigenvalue weighted by atomic mass is 35.5. The van der Waals surface area contributed by atoms with E-state index < -0.39 is 10.0 Å². The number of nitrogens with zero attached hydrogens (tertiary/aromatic N) is 2. The Labute approximate surface area is 129 Å². The monoisotopic (exact) mass is 333 g/mol. The second-order valence-corrected chi connectivity index (χ2v) is 7.16. The number of rotatable bonds is 5. The first-order valence-electron chi connectivity index (χ1n) is 5.62. The van der Waals surface area contributed by atoms with Crippen molar-refractivity contribution in [3.05, 3.63) is 41.5 Å². The largest absolute Gasteiger partial charge is 0.305 e. The van der Waals surface area contributed by atoms with Crippen molar-refractivity contribution in [2.45, 2.75) is 10.8 Å². The van der Waals surface area contributed by atoms with E-state index >= 15 is 0 Å². The molecule has 0 bridgehead atoms. The second kappa shape index (κ2) is 7.03. The van der Waals surface area contributed by atoms with Crippen LogP contribution in [0.1, 0.15) is 5.56 Å². The van der Waals surface area contributed by atoms with Gasteiger partial charge in [0, 0.05) is 12.2 Å².